The van der Waals surface area contributed by atoms with E-state index < -0.39 is 25.9 Å². The molecule has 0 saturated carbocycles. The summed E-state index contributed by atoms with van der Waals surface area (Å²) in [7, 11) is -7.58. The van der Waals surface area contributed by atoms with Crippen LogP contribution in [0.25, 0.3) is 0 Å². The smallest absolute Gasteiger partial charge is 0.207 e. The zero-order valence-electron chi connectivity index (χ0n) is 14.5. The van der Waals surface area contributed by atoms with Crippen molar-refractivity contribution in [2.75, 3.05) is 26.2 Å². The average molecular weight is 477 g/mol. The summed E-state index contributed by atoms with van der Waals surface area (Å²) in [6.07, 6.45) is 0. The van der Waals surface area contributed by atoms with Gasteiger partial charge in [-0.2, -0.15) is 8.61 Å². The van der Waals surface area contributed by atoms with Crippen LogP contribution >= 0.6 is 15.9 Å². The van der Waals surface area contributed by atoms with Crippen molar-refractivity contribution in [2.45, 2.75) is 16.7 Å². The first-order valence-electron chi connectivity index (χ1n) is 8.14. The van der Waals surface area contributed by atoms with Gasteiger partial charge in [-0.25, -0.2) is 21.2 Å². The normalized spacial score (nSPS) is 17.1. The van der Waals surface area contributed by atoms with Crippen LogP contribution in [0.15, 0.2) is 56.7 Å². The van der Waals surface area contributed by atoms with Gasteiger partial charge in [0.2, 0.25) is 20.0 Å². The molecule has 1 saturated heterocycles. The molecule has 0 aliphatic carbocycles. The van der Waals surface area contributed by atoms with Crippen LogP contribution in [-0.4, -0.2) is 51.6 Å². The van der Waals surface area contributed by atoms with Gasteiger partial charge in [0.15, 0.2) is 0 Å². The quantitative estimate of drug-likeness (QED) is 0.679. The molecule has 0 amide bonds. The Labute approximate surface area is 166 Å². The first kappa shape index (κ1) is 20.4. The lowest BCUT2D eigenvalue weighted by Gasteiger charge is -2.33. The number of nitrogens with zero attached hydrogens (tertiary/aromatic N) is 2. The minimum Gasteiger partial charge on any atom is -0.207 e. The van der Waals surface area contributed by atoms with E-state index in [0.717, 1.165) is 16.1 Å². The minimum absolute atomic E-state index is 0.00753. The van der Waals surface area contributed by atoms with E-state index in [2.05, 4.69) is 15.9 Å². The molecule has 0 N–H and O–H groups in total. The van der Waals surface area contributed by atoms with Gasteiger partial charge in [0.05, 0.1) is 9.79 Å². The summed E-state index contributed by atoms with van der Waals surface area (Å²) < 4.78 is 67.5. The van der Waals surface area contributed by atoms with Gasteiger partial charge in [0.25, 0.3) is 0 Å². The SMILES string of the molecule is Cc1cc(S(=O)(=O)N2CCN(S(=O)(=O)c3cccc(F)c3)CC2)ccc1Br. The van der Waals surface area contributed by atoms with Crippen molar-refractivity contribution in [3.8, 4) is 0 Å². The molecule has 3 rings (SSSR count). The molecule has 0 aromatic heterocycles. The zero-order valence-corrected chi connectivity index (χ0v) is 17.7. The van der Waals surface area contributed by atoms with E-state index in [0.29, 0.717) is 0 Å². The highest BCUT2D eigenvalue weighted by Crippen LogP contribution is 2.25. The fourth-order valence-electron chi connectivity index (χ4n) is 2.85. The van der Waals surface area contributed by atoms with Gasteiger partial charge in [-0.15, -0.1) is 0 Å². The molecule has 2 aromatic rings. The Morgan fingerprint density at radius 1 is 0.852 bits per heavy atom. The van der Waals surface area contributed by atoms with Gasteiger partial charge in [0.1, 0.15) is 5.82 Å². The number of halogens is 2. The lowest BCUT2D eigenvalue weighted by atomic mass is 10.2. The van der Waals surface area contributed by atoms with Crippen molar-refractivity contribution < 1.29 is 21.2 Å². The highest BCUT2D eigenvalue weighted by Gasteiger charge is 2.34. The van der Waals surface area contributed by atoms with Crippen LogP contribution < -0.4 is 0 Å². The Bertz CT molecular complexity index is 1070. The second-order valence-corrected chi connectivity index (χ2v) is 10.9. The van der Waals surface area contributed by atoms with Gasteiger partial charge in [-0.1, -0.05) is 22.0 Å². The van der Waals surface area contributed by atoms with Gasteiger partial charge in [-0.05, 0) is 48.9 Å². The fourth-order valence-corrected chi connectivity index (χ4v) is 6.06. The third-order valence-electron chi connectivity index (χ3n) is 4.40. The van der Waals surface area contributed by atoms with E-state index in [1.807, 2.05) is 0 Å². The molecule has 146 valence electrons. The second kappa shape index (κ2) is 7.59. The van der Waals surface area contributed by atoms with Crippen LogP contribution in [0.4, 0.5) is 4.39 Å². The summed E-state index contributed by atoms with van der Waals surface area (Å²) in [5, 5.41) is 0. The lowest BCUT2D eigenvalue weighted by Crippen LogP contribution is -2.50. The van der Waals surface area contributed by atoms with E-state index in [4.69, 9.17) is 0 Å². The maximum atomic E-state index is 13.4. The molecule has 1 aliphatic rings. The molecule has 0 radical (unpaired) electrons. The van der Waals surface area contributed by atoms with Crippen molar-refractivity contribution in [2.24, 2.45) is 0 Å². The Hall–Kier alpha value is -1.33. The second-order valence-electron chi connectivity index (χ2n) is 6.18. The highest BCUT2D eigenvalue weighted by molar-refractivity contribution is 9.10. The van der Waals surface area contributed by atoms with Crippen molar-refractivity contribution >= 4 is 36.0 Å². The number of benzene rings is 2. The summed E-state index contributed by atoms with van der Waals surface area (Å²) in [4.78, 5) is 0.0342. The fraction of sp³-hybridized carbons (Fsp3) is 0.294. The third-order valence-corrected chi connectivity index (χ3v) is 9.08. The Morgan fingerprint density at radius 3 is 1.85 bits per heavy atom. The van der Waals surface area contributed by atoms with Crippen molar-refractivity contribution in [1.82, 2.24) is 8.61 Å². The average Bonchev–Trinajstić information content (AvgIpc) is 2.64. The van der Waals surface area contributed by atoms with Crippen molar-refractivity contribution in [3.63, 3.8) is 0 Å². The number of aryl methyl sites for hydroxylation is 1. The maximum Gasteiger partial charge on any atom is 0.243 e. The van der Waals surface area contributed by atoms with Crippen LogP contribution in [0.1, 0.15) is 5.56 Å². The molecule has 1 heterocycles. The molecule has 27 heavy (non-hydrogen) atoms. The van der Waals surface area contributed by atoms with Gasteiger partial charge in [0, 0.05) is 30.7 Å². The molecule has 0 unspecified atom stereocenters. The molecule has 6 nitrogen and oxygen atoms in total. The van der Waals surface area contributed by atoms with Crippen molar-refractivity contribution in [3.05, 3.63) is 58.3 Å². The van der Waals surface area contributed by atoms with E-state index >= 15 is 0 Å². The third kappa shape index (κ3) is 4.09. The number of hydrogen-bond donors (Lipinski definition) is 0. The summed E-state index contributed by atoms with van der Waals surface area (Å²) in [5.41, 5.74) is 0.795. The minimum atomic E-state index is -3.86. The van der Waals surface area contributed by atoms with Crippen LogP contribution in [-0.2, 0) is 20.0 Å². The van der Waals surface area contributed by atoms with E-state index in [-0.39, 0.29) is 36.0 Å². The number of piperazine rings is 1. The monoisotopic (exact) mass is 476 g/mol. The predicted octanol–water partition coefficient (Wildman–Crippen LogP) is 2.59. The molecular formula is C17H18BrFN2O4S2. The van der Waals surface area contributed by atoms with E-state index in [1.54, 1.807) is 19.1 Å². The van der Waals surface area contributed by atoms with Gasteiger partial charge >= 0.3 is 0 Å². The molecule has 0 spiro atoms. The first-order valence-corrected chi connectivity index (χ1v) is 11.8. The molecule has 0 bridgehead atoms. The van der Waals surface area contributed by atoms with Crippen LogP contribution in [0.2, 0.25) is 0 Å². The summed E-state index contributed by atoms with van der Waals surface area (Å²) in [5.74, 6) is -0.636. The largest absolute Gasteiger partial charge is 0.243 e. The van der Waals surface area contributed by atoms with Crippen LogP contribution in [0, 0.1) is 12.7 Å². The number of rotatable bonds is 4. The van der Waals surface area contributed by atoms with Crippen molar-refractivity contribution in [1.29, 1.82) is 0 Å². The van der Waals surface area contributed by atoms with Gasteiger partial charge < -0.3 is 0 Å². The highest BCUT2D eigenvalue weighted by atomic mass is 79.9. The van der Waals surface area contributed by atoms with Crippen LogP contribution in [0.5, 0.6) is 0 Å². The lowest BCUT2D eigenvalue weighted by molar-refractivity contribution is 0.272. The molecular weight excluding hydrogens is 459 g/mol. The Morgan fingerprint density at radius 2 is 1.37 bits per heavy atom. The van der Waals surface area contributed by atoms with E-state index in [9.17, 15) is 21.2 Å². The van der Waals surface area contributed by atoms with Crippen LogP contribution in [0.3, 0.4) is 0 Å². The Kier molecular flexibility index (Phi) is 5.74. The first-order chi connectivity index (χ1) is 12.6. The van der Waals surface area contributed by atoms with Gasteiger partial charge in [-0.3, -0.25) is 0 Å². The number of hydrogen-bond acceptors (Lipinski definition) is 4. The summed E-state index contributed by atoms with van der Waals surface area (Å²) in [6, 6.07) is 9.56. The summed E-state index contributed by atoms with van der Waals surface area (Å²) in [6.45, 7) is 1.88. The standard InChI is InChI=1S/C17H18BrFN2O4S2/c1-13-11-16(5-6-17(13)18)27(24,25)21-9-7-20(8-10-21)26(22,23)15-4-2-3-14(19)12-15/h2-6,11-12H,7-10H2,1H3. The predicted molar refractivity (Wildman–Crippen MR) is 103 cm³/mol. The topological polar surface area (TPSA) is 74.8 Å². The molecule has 1 fully saturated rings. The molecule has 0 atom stereocenters. The maximum absolute atomic E-state index is 13.4. The van der Waals surface area contributed by atoms with E-state index in [1.165, 1.54) is 32.9 Å². The number of sulfonamides is 2. The zero-order chi connectivity index (χ0) is 19.8. The molecule has 10 heteroatoms. The molecule has 2 aromatic carbocycles. The molecule has 1 aliphatic heterocycles. The summed E-state index contributed by atoms with van der Waals surface area (Å²) >= 11 is 3.34. The Balaban J connectivity index is 1.77.